The molecule has 0 spiro atoms. The van der Waals surface area contributed by atoms with Crippen LogP contribution in [0.15, 0.2) is 89.1 Å². The van der Waals surface area contributed by atoms with Gasteiger partial charge in [0.2, 0.25) is 0 Å². The van der Waals surface area contributed by atoms with Crippen molar-refractivity contribution in [1.29, 1.82) is 0 Å². The lowest BCUT2D eigenvalue weighted by Gasteiger charge is -2.06. The third-order valence-electron chi connectivity index (χ3n) is 3.87. The summed E-state index contributed by atoms with van der Waals surface area (Å²) in [6.45, 7) is 0. The summed E-state index contributed by atoms with van der Waals surface area (Å²) in [5, 5.41) is 22.7. The normalized spacial score (nSPS) is 11.5. The maximum Gasteiger partial charge on any atom is 0.123 e. The van der Waals surface area contributed by atoms with E-state index >= 15 is 0 Å². The van der Waals surface area contributed by atoms with Crippen molar-refractivity contribution >= 4 is 32.9 Å². The molecule has 0 aliphatic rings. The minimum atomic E-state index is 0.254. The molecular formula is C20H14N2O. The van der Waals surface area contributed by atoms with Gasteiger partial charge in [0.25, 0.3) is 0 Å². The molecule has 0 aromatic heterocycles. The highest BCUT2D eigenvalue weighted by Crippen LogP contribution is 2.36. The van der Waals surface area contributed by atoms with E-state index < -0.39 is 0 Å². The number of azo groups is 1. The van der Waals surface area contributed by atoms with Crippen LogP contribution in [-0.4, -0.2) is 5.11 Å². The van der Waals surface area contributed by atoms with Gasteiger partial charge in [0.05, 0.1) is 11.4 Å². The van der Waals surface area contributed by atoms with Crippen molar-refractivity contribution in [3.05, 3.63) is 78.9 Å². The Morgan fingerprint density at radius 1 is 0.609 bits per heavy atom. The van der Waals surface area contributed by atoms with E-state index in [0.29, 0.717) is 0 Å². The maximum atomic E-state index is 10.2. The first-order chi connectivity index (χ1) is 11.3. The Hall–Kier alpha value is -3.20. The van der Waals surface area contributed by atoms with Crippen molar-refractivity contribution in [2.24, 2.45) is 10.2 Å². The van der Waals surface area contributed by atoms with E-state index in [2.05, 4.69) is 16.3 Å². The van der Waals surface area contributed by atoms with Crippen molar-refractivity contribution in [1.82, 2.24) is 0 Å². The molecule has 4 aromatic rings. The minimum Gasteiger partial charge on any atom is -0.507 e. The molecule has 4 aromatic carbocycles. The smallest absolute Gasteiger partial charge is 0.123 e. The lowest BCUT2D eigenvalue weighted by Crippen LogP contribution is -1.78. The predicted octanol–water partition coefficient (Wildman–Crippen LogP) is 6.11. The topological polar surface area (TPSA) is 45.0 Å². The highest BCUT2D eigenvalue weighted by molar-refractivity contribution is 6.05. The van der Waals surface area contributed by atoms with E-state index in [1.165, 1.54) is 0 Å². The van der Waals surface area contributed by atoms with E-state index in [9.17, 15) is 5.11 Å². The molecule has 0 saturated carbocycles. The Bertz CT molecular complexity index is 1020. The van der Waals surface area contributed by atoms with Gasteiger partial charge >= 0.3 is 0 Å². The second-order valence-electron chi connectivity index (χ2n) is 5.38. The number of hydrogen-bond acceptors (Lipinski definition) is 3. The molecule has 0 amide bonds. The minimum absolute atomic E-state index is 0.254. The van der Waals surface area contributed by atoms with Gasteiger partial charge in [-0.3, -0.25) is 0 Å². The van der Waals surface area contributed by atoms with Crippen LogP contribution in [0.25, 0.3) is 21.5 Å². The average Bonchev–Trinajstić information content (AvgIpc) is 2.61. The van der Waals surface area contributed by atoms with Crippen molar-refractivity contribution in [2.75, 3.05) is 0 Å². The van der Waals surface area contributed by atoms with Gasteiger partial charge in [-0.15, -0.1) is 5.11 Å². The lowest BCUT2D eigenvalue weighted by atomic mass is 10.0. The zero-order valence-electron chi connectivity index (χ0n) is 12.3. The first-order valence-electron chi connectivity index (χ1n) is 7.42. The molecule has 0 fully saturated rings. The zero-order valence-corrected chi connectivity index (χ0v) is 12.3. The summed E-state index contributed by atoms with van der Waals surface area (Å²) >= 11 is 0. The van der Waals surface area contributed by atoms with E-state index in [-0.39, 0.29) is 5.75 Å². The summed E-state index contributed by atoms with van der Waals surface area (Å²) in [4.78, 5) is 0. The van der Waals surface area contributed by atoms with Crippen LogP contribution in [0.5, 0.6) is 5.75 Å². The van der Waals surface area contributed by atoms with Gasteiger partial charge in [-0.2, -0.15) is 5.11 Å². The quantitative estimate of drug-likeness (QED) is 0.352. The van der Waals surface area contributed by atoms with Crippen LogP contribution in [0.3, 0.4) is 0 Å². The van der Waals surface area contributed by atoms with E-state index in [4.69, 9.17) is 0 Å². The summed E-state index contributed by atoms with van der Waals surface area (Å²) in [5.74, 6) is 0.254. The van der Waals surface area contributed by atoms with E-state index in [0.717, 1.165) is 32.9 Å². The number of fused-ring (bicyclic) bond motifs is 2. The van der Waals surface area contributed by atoms with Crippen molar-refractivity contribution in [2.45, 2.75) is 0 Å². The molecule has 3 heteroatoms. The number of rotatable bonds is 2. The van der Waals surface area contributed by atoms with Gasteiger partial charge in [-0.05, 0) is 47.2 Å². The van der Waals surface area contributed by atoms with E-state index in [1.807, 2.05) is 60.7 Å². The second kappa shape index (κ2) is 5.54. The standard InChI is InChI=1S/C20H14N2O/c23-20-11-10-19(22-21-16-8-2-1-3-9-16)17-12-14-6-4-5-7-15(14)13-18(17)20/h1-13,23H. The summed E-state index contributed by atoms with van der Waals surface area (Å²) in [5.41, 5.74) is 1.54. The Labute approximate surface area is 133 Å². The molecule has 0 radical (unpaired) electrons. The van der Waals surface area contributed by atoms with Crippen LogP contribution in [0, 0.1) is 0 Å². The van der Waals surface area contributed by atoms with Crippen LogP contribution >= 0.6 is 0 Å². The van der Waals surface area contributed by atoms with E-state index in [1.54, 1.807) is 12.1 Å². The molecular weight excluding hydrogens is 284 g/mol. The highest BCUT2D eigenvalue weighted by Gasteiger charge is 2.07. The molecule has 0 bridgehead atoms. The molecule has 0 saturated heterocycles. The molecule has 0 aliphatic heterocycles. The van der Waals surface area contributed by atoms with Crippen molar-refractivity contribution in [3.63, 3.8) is 0 Å². The second-order valence-corrected chi connectivity index (χ2v) is 5.38. The largest absolute Gasteiger partial charge is 0.507 e. The van der Waals surface area contributed by atoms with Crippen molar-refractivity contribution in [3.8, 4) is 5.75 Å². The lowest BCUT2D eigenvalue weighted by molar-refractivity contribution is 0.482. The fraction of sp³-hybridized carbons (Fsp3) is 0. The van der Waals surface area contributed by atoms with Crippen LogP contribution in [0.2, 0.25) is 0 Å². The zero-order chi connectivity index (χ0) is 15.6. The molecule has 0 unspecified atom stereocenters. The molecule has 23 heavy (non-hydrogen) atoms. The number of aromatic hydroxyl groups is 1. The molecule has 0 atom stereocenters. The number of phenolic OH excluding ortho intramolecular Hbond substituents is 1. The molecule has 3 nitrogen and oxygen atoms in total. The SMILES string of the molecule is Oc1ccc(N=Nc2ccccc2)c2cc3ccccc3cc12. The molecule has 0 aliphatic carbocycles. The fourth-order valence-electron chi connectivity index (χ4n) is 2.70. The number of benzene rings is 4. The Balaban J connectivity index is 1.91. The Kier molecular flexibility index (Phi) is 3.24. The monoisotopic (exact) mass is 298 g/mol. The van der Waals surface area contributed by atoms with Crippen LogP contribution in [0.4, 0.5) is 11.4 Å². The number of phenols is 1. The predicted molar refractivity (Wildman–Crippen MR) is 93.7 cm³/mol. The van der Waals surface area contributed by atoms with Gasteiger partial charge in [0.1, 0.15) is 5.75 Å². The number of hydrogen-bond donors (Lipinski definition) is 1. The summed E-state index contributed by atoms with van der Waals surface area (Å²) in [7, 11) is 0. The van der Waals surface area contributed by atoms with Crippen LogP contribution in [0.1, 0.15) is 0 Å². The first-order valence-corrected chi connectivity index (χ1v) is 7.42. The van der Waals surface area contributed by atoms with Crippen LogP contribution < -0.4 is 0 Å². The molecule has 110 valence electrons. The Morgan fingerprint density at radius 2 is 1.26 bits per heavy atom. The third kappa shape index (κ3) is 2.53. The summed E-state index contributed by atoms with van der Waals surface area (Å²) in [6, 6.07) is 25.2. The first kappa shape index (κ1) is 13.5. The summed E-state index contributed by atoms with van der Waals surface area (Å²) < 4.78 is 0. The molecule has 1 N–H and O–H groups in total. The van der Waals surface area contributed by atoms with Gasteiger partial charge in [0.15, 0.2) is 0 Å². The third-order valence-corrected chi connectivity index (χ3v) is 3.87. The summed E-state index contributed by atoms with van der Waals surface area (Å²) in [6.07, 6.45) is 0. The molecule has 0 heterocycles. The molecule has 4 rings (SSSR count). The maximum absolute atomic E-state index is 10.2. The average molecular weight is 298 g/mol. The Morgan fingerprint density at radius 3 is 2.00 bits per heavy atom. The van der Waals surface area contributed by atoms with Gasteiger partial charge in [0, 0.05) is 10.8 Å². The van der Waals surface area contributed by atoms with Gasteiger partial charge < -0.3 is 5.11 Å². The van der Waals surface area contributed by atoms with Crippen LogP contribution in [-0.2, 0) is 0 Å². The highest BCUT2D eigenvalue weighted by atomic mass is 16.3. The van der Waals surface area contributed by atoms with Crippen molar-refractivity contribution < 1.29 is 5.11 Å². The van der Waals surface area contributed by atoms with Gasteiger partial charge in [-0.1, -0.05) is 42.5 Å². The fourth-order valence-corrected chi connectivity index (χ4v) is 2.70. The number of nitrogens with zero attached hydrogens (tertiary/aromatic N) is 2. The van der Waals surface area contributed by atoms with Gasteiger partial charge in [-0.25, -0.2) is 0 Å².